The van der Waals surface area contributed by atoms with E-state index in [1.54, 1.807) is 20.8 Å². The van der Waals surface area contributed by atoms with Crippen molar-refractivity contribution in [2.24, 2.45) is 23.2 Å². The lowest BCUT2D eigenvalue weighted by molar-refractivity contribution is -0.176. The number of nitriles is 1. The van der Waals surface area contributed by atoms with E-state index in [2.05, 4.69) is 10.6 Å². The fourth-order valence-electron chi connectivity index (χ4n) is 5.64. The monoisotopic (exact) mass is 513 g/mol. The van der Waals surface area contributed by atoms with Crippen LogP contribution in [0, 0.1) is 34.5 Å². The Bertz CT molecular complexity index is 926. The molecule has 3 fully saturated rings. The second-order valence-corrected chi connectivity index (χ2v) is 11.1. The van der Waals surface area contributed by atoms with Crippen molar-refractivity contribution in [1.29, 1.82) is 5.26 Å². The average molecular weight is 514 g/mol. The highest BCUT2D eigenvalue weighted by Gasteiger charge is 2.53. The zero-order valence-electron chi connectivity index (χ0n) is 20.8. The molecule has 1 aliphatic carbocycles. The minimum Gasteiger partial charge on any atom is -0.356 e. The maximum atomic E-state index is 13.6. The third kappa shape index (κ3) is 6.10. The summed E-state index contributed by atoms with van der Waals surface area (Å²) in [4.78, 5) is 52.1. The number of piperidine rings is 1. The van der Waals surface area contributed by atoms with E-state index < -0.39 is 53.4 Å². The molecule has 12 heteroatoms. The quantitative estimate of drug-likeness (QED) is 0.497. The fourth-order valence-corrected chi connectivity index (χ4v) is 5.64. The van der Waals surface area contributed by atoms with Crippen molar-refractivity contribution in [3.63, 3.8) is 0 Å². The fraction of sp³-hybridized carbons (Fsp3) is 0.792. The third-order valence-corrected chi connectivity index (χ3v) is 7.48. The number of carbonyl (C=O) groups is 4. The molecule has 2 heterocycles. The number of fused-ring (bicyclic) bond motifs is 1. The van der Waals surface area contributed by atoms with Crippen molar-refractivity contribution in [1.82, 2.24) is 20.9 Å². The summed E-state index contributed by atoms with van der Waals surface area (Å²) in [6, 6.07) is -1.40. The second-order valence-electron chi connectivity index (χ2n) is 11.1. The Hall–Kier alpha value is -2.84. The number of halogens is 3. The molecule has 36 heavy (non-hydrogen) atoms. The van der Waals surface area contributed by atoms with Gasteiger partial charge in [0, 0.05) is 19.0 Å². The highest BCUT2D eigenvalue weighted by molar-refractivity contribution is 5.94. The van der Waals surface area contributed by atoms with Crippen molar-refractivity contribution in [2.45, 2.75) is 83.6 Å². The van der Waals surface area contributed by atoms with E-state index in [0.717, 1.165) is 19.3 Å². The van der Waals surface area contributed by atoms with Crippen LogP contribution in [0.4, 0.5) is 13.2 Å². The Balaban J connectivity index is 1.80. The molecule has 0 radical (unpaired) electrons. The lowest BCUT2D eigenvalue weighted by atomic mass is 9.85. The van der Waals surface area contributed by atoms with Crippen LogP contribution in [0.2, 0.25) is 0 Å². The molecule has 0 spiro atoms. The van der Waals surface area contributed by atoms with Gasteiger partial charge in [0.15, 0.2) is 0 Å². The van der Waals surface area contributed by atoms with Crippen LogP contribution in [0.25, 0.3) is 0 Å². The summed E-state index contributed by atoms with van der Waals surface area (Å²) in [5, 5.41) is 16.9. The van der Waals surface area contributed by atoms with Crippen LogP contribution in [0.3, 0.4) is 0 Å². The number of rotatable bonds is 6. The van der Waals surface area contributed by atoms with Crippen LogP contribution < -0.4 is 16.0 Å². The Morgan fingerprint density at radius 3 is 2.42 bits per heavy atom. The van der Waals surface area contributed by atoms with Crippen molar-refractivity contribution in [3.8, 4) is 6.07 Å². The number of nitrogens with one attached hydrogen (secondary N) is 3. The van der Waals surface area contributed by atoms with Crippen molar-refractivity contribution in [3.05, 3.63) is 0 Å². The molecule has 2 saturated heterocycles. The number of carbonyl (C=O) groups excluding carboxylic acids is 4. The Kier molecular flexibility index (Phi) is 8.20. The first-order chi connectivity index (χ1) is 16.7. The molecule has 1 saturated carbocycles. The van der Waals surface area contributed by atoms with E-state index in [1.165, 1.54) is 4.90 Å². The van der Waals surface area contributed by atoms with Crippen molar-refractivity contribution >= 4 is 23.6 Å². The van der Waals surface area contributed by atoms with Gasteiger partial charge in [0.1, 0.15) is 18.1 Å². The molecule has 0 unspecified atom stereocenters. The van der Waals surface area contributed by atoms with Gasteiger partial charge in [0.25, 0.3) is 0 Å². The predicted octanol–water partition coefficient (Wildman–Crippen LogP) is 1.63. The van der Waals surface area contributed by atoms with Crippen LogP contribution >= 0.6 is 0 Å². The summed E-state index contributed by atoms with van der Waals surface area (Å²) in [7, 11) is 0. The molecule has 0 aromatic carbocycles. The molecular weight excluding hydrogens is 479 g/mol. The molecule has 200 valence electrons. The van der Waals surface area contributed by atoms with E-state index in [-0.39, 0.29) is 30.7 Å². The molecule has 0 aromatic rings. The SMILES string of the molecule is CC(C)(C)[C@H](NC(=O)C(F)(F)F)C(=O)N1C[C@@H]2CCC[C@@H]2[C@H]1C(=O)N[C@H](C#N)C[C@@H]1CCCNC1=O. The third-order valence-electron chi connectivity index (χ3n) is 7.48. The first kappa shape index (κ1) is 27.7. The molecule has 6 atom stereocenters. The van der Waals surface area contributed by atoms with E-state index >= 15 is 0 Å². The number of likely N-dealkylation sites (tertiary alicyclic amines) is 1. The van der Waals surface area contributed by atoms with E-state index in [9.17, 15) is 37.6 Å². The van der Waals surface area contributed by atoms with Gasteiger partial charge in [0.2, 0.25) is 17.7 Å². The highest BCUT2D eigenvalue weighted by atomic mass is 19.4. The largest absolute Gasteiger partial charge is 0.471 e. The van der Waals surface area contributed by atoms with E-state index in [1.807, 2.05) is 11.4 Å². The molecule has 0 aromatic heterocycles. The van der Waals surface area contributed by atoms with Crippen LogP contribution in [0.1, 0.15) is 59.3 Å². The summed E-state index contributed by atoms with van der Waals surface area (Å²) in [5.74, 6) is -4.29. The van der Waals surface area contributed by atoms with Crippen LogP contribution in [-0.2, 0) is 19.2 Å². The summed E-state index contributed by atoms with van der Waals surface area (Å²) in [6.45, 7) is 5.39. The van der Waals surface area contributed by atoms with Gasteiger partial charge in [-0.1, -0.05) is 27.2 Å². The first-order valence-electron chi connectivity index (χ1n) is 12.4. The topological polar surface area (TPSA) is 131 Å². The smallest absolute Gasteiger partial charge is 0.356 e. The van der Waals surface area contributed by atoms with Gasteiger partial charge in [-0.2, -0.15) is 18.4 Å². The molecule has 9 nitrogen and oxygen atoms in total. The summed E-state index contributed by atoms with van der Waals surface area (Å²) in [5.41, 5.74) is -1.06. The maximum absolute atomic E-state index is 13.6. The van der Waals surface area contributed by atoms with Crippen LogP contribution in [0.15, 0.2) is 0 Å². The lowest BCUT2D eigenvalue weighted by Gasteiger charge is -2.36. The molecule has 3 aliphatic rings. The molecular formula is C24H34F3N5O4. The van der Waals surface area contributed by atoms with Crippen LogP contribution in [-0.4, -0.2) is 65.9 Å². The molecule has 3 rings (SSSR count). The number of hydrogen-bond acceptors (Lipinski definition) is 5. The lowest BCUT2D eigenvalue weighted by Crippen LogP contribution is -2.60. The van der Waals surface area contributed by atoms with E-state index in [0.29, 0.717) is 19.4 Å². The van der Waals surface area contributed by atoms with Gasteiger partial charge in [-0.15, -0.1) is 0 Å². The molecule has 0 bridgehead atoms. The van der Waals surface area contributed by atoms with Gasteiger partial charge in [0.05, 0.1) is 6.07 Å². The summed E-state index contributed by atoms with van der Waals surface area (Å²) in [6.07, 6.45) is -1.35. The maximum Gasteiger partial charge on any atom is 0.471 e. The van der Waals surface area contributed by atoms with Gasteiger partial charge in [-0.05, 0) is 49.4 Å². The molecule has 3 N–H and O–H groups in total. The predicted molar refractivity (Wildman–Crippen MR) is 122 cm³/mol. The number of nitrogens with zero attached hydrogens (tertiary/aromatic N) is 2. The van der Waals surface area contributed by atoms with E-state index in [4.69, 9.17) is 0 Å². The Labute approximate surface area is 208 Å². The normalized spacial score (nSPS) is 27.9. The summed E-state index contributed by atoms with van der Waals surface area (Å²) >= 11 is 0. The highest BCUT2D eigenvalue weighted by Crippen LogP contribution is 2.43. The number of alkyl halides is 3. The van der Waals surface area contributed by atoms with Gasteiger partial charge >= 0.3 is 12.1 Å². The first-order valence-corrected chi connectivity index (χ1v) is 12.4. The van der Waals surface area contributed by atoms with Crippen molar-refractivity contribution < 1.29 is 32.3 Å². The average Bonchev–Trinajstić information content (AvgIpc) is 3.37. The Morgan fingerprint density at radius 2 is 1.83 bits per heavy atom. The van der Waals surface area contributed by atoms with Crippen molar-refractivity contribution in [2.75, 3.05) is 13.1 Å². The number of amides is 4. The second kappa shape index (κ2) is 10.6. The molecule has 2 aliphatic heterocycles. The van der Waals surface area contributed by atoms with Crippen LogP contribution in [0.5, 0.6) is 0 Å². The summed E-state index contributed by atoms with van der Waals surface area (Å²) < 4.78 is 38.9. The Morgan fingerprint density at radius 1 is 1.14 bits per heavy atom. The minimum absolute atomic E-state index is 0.00768. The standard InChI is InChI=1S/C24H34F3N5O4/c1-23(2,3)18(31-22(36)24(25,26)27)21(35)32-12-14-6-4-8-16(14)17(32)20(34)30-15(11-28)10-13-7-5-9-29-19(13)33/h13-18H,4-10,12H2,1-3H3,(H,29,33)(H,30,34)(H,31,36)/t13-,14-,15-,16-,17-,18+/m0/s1. The van der Waals surface area contributed by atoms with Gasteiger partial charge < -0.3 is 20.9 Å². The van der Waals surface area contributed by atoms with Gasteiger partial charge in [-0.3, -0.25) is 19.2 Å². The van der Waals surface area contributed by atoms with Gasteiger partial charge in [-0.25, -0.2) is 0 Å². The zero-order valence-corrected chi connectivity index (χ0v) is 20.8. The zero-order chi connectivity index (χ0) is 26.8. The molecule has 4 amide bonds. The minimum atomic E-state index is -5.16. The number of hydrogen-bond donors (Lipinski definition) is 3.